The SMILES string of the molecule is C=C(CC[C@H](O)C(C)(C)O)[C@H]1CC[C@@]2(C)[C@H]1CC[C@@H]1[C@@]3(C)CC[C@@H](O)C(C)(C)[C@H]3CC[C@]12C. The van der Waals surface area contributed by atoms with Crippen LogP contribution >= 0.6 is 0 Å². The van der Waals surface area contributed by atoms with Gasteiger partial charge in [0.1, 0.15) is 0 Å². The predicted molar refractivity (Wildman–Crippen MR) is 136 cm³/mol. The largest absolute Gasteiger partial charge is 0.393 e. The molecule has 3 heteroatoms. The molecule has 190 valence electrons. The first-order valence-corrected chi connectivity index (χ1v) is 13.8. The number of aliphatic hydroxyl groups is 3. The summed E-state index contributed by atoms with van der Waals surface area (Å²) in [6, 6.07) is 0. The summed E-state index contributed by atoms with van der Waals surface area (Å²) in [5, 5.41) is 31.3. The van der Waals surface area contributed by atoms with Gasteiger partial charge in [-0.25, -0.2) is 0 Å². The van der Waals surface area contributed by atoms with Crippen LogP contribution in [0.1, 0.15) is 113 Å². The standard InChI is InChI=1S/C30H52O3/c1-19(9-12-25(32)27(4,5)33)20-13-17-29(7)21(20)10-11-23-28(6)16-15-24(31)26(2,3)22(28)14-18-30(23,29)8/h20-25,31-33H,1,9-18H2,2-8H3/t20-,21+,22-,23-,24-,25+,28+,29+,30-/m1/s1. The first kappa shape index (κ1) is 25.7. The lowest BCUT2D eigenvalue weighted by Gasteiger charge is -2.69. The molecule has 0 aromatic rings. The molecule has 33 heavy (non-hydrogen) atoms. The highest BCUT2D eigenvalue weighted by Crippen LogP contribution is 2.75. The van der Waals surface area contributed by atoms with Gasteiger partial charge in [0.15, 0.2) is 0 Å². The van der Waals surface area contributed by atoms with Gasteiger partial charge in [0.25, 0.3) is 0 Å². The van der Waals surface area contributed by atoms with E-state index in [1.165, 1.54) is 50.5 Å². The number of hydrogen-bond donors (Lipinski definition) is 3. The molecule has 3 nitrogen and oxygen atoms in total. The summed E-state index contributed by atoms with van der Waals surface area (Å²) in [4.78, 5) is 0. The second kappa shape index (κ2) is 8.07. The summed E-state index contributed by atoms with van der Waals surface area (Å²) in [5.41, 5.74) is 1.28. The molecule has 0 saturated heterocycles. The van der Waals surface area contributed by atoms with Crippen molar-refractivity contribution in [3.63, 3.8) is 0 Å². The normalized spacial score (nSPS) is 47.9. The van der Waals surface area contributed by atoms with Crippen LogP contribution in [-0.2, 0) is 0 Å². The third-order valence-electron chi connectivity index (χ3n) is 12.5. The van der Waals surface area contributed by atoms with Crippen LogP contribution in [0.5, 0.6) is 0 Å². The maximum Gasteiger partial charge on any atom is 0.0849 e. The Bertz CT molecular complexity index is 765. The lowest BCUT2D eigenvalue weighted by Crippen LogP contribution is -2.63. The first-order valence-electron chi connectivity index (χ1n) is 13.8. The molecule has 0 heterocycles. The van der Waals surface area contributed by atoms with E-state index in [-0.39, 0.29) is 11.5 Å². The maximum atomic E-state index is 10.8. The van der Waals surface area contributed by atoms with E-state index >= 15 is 0 Å². The smallest absolute Gasteiger partial charge is 0.0849 e. The fourth-order valence-corrected chi connectivity index (χ4v) is 10.1. The van der Waals surface area contributed by atoms with Gasteiger partial charge in [-0.3, -0.25) is 0 Å². The van der Waals surface area contributed by atoms with E-state index in [0.29, 0.717) is 40.4 Å². The zero-order valence-electron chi connectivity index (χ0n) is 22.6. The van der Waals surface area contributed by atoms with Crippen LogP contribution < -0.4 is 0 Å². The molecule has 3 N–H and O–H groups in total. The molecular formula is C30H52O3. The van der Waals surface area contributed by atoms with Crippen molar-refractivity contribution in [3.05, 3.63) is 12.2 Å². The zero-order valence-corrected chi connectivity index (χ0v) is 22.6. The van der Waals surface area contributed by atoms with Crippen LogP contribution in [0, 0.1) is 45.3 Å². The zero-order chi connectivity index (χ0) is 24.6. The highest BCUT2D eigenvalue weighted by Gasteiger charge is 2.68. The lowest BCUT2D eigenvalue weighted by atomic mass is 9.35. The van der Waals surface area contributed by atoms with Crippen LogP contribution in [-0.4, -0.2) is 33.1 Å². The average Bonchev–Trinajstić information content (AvgIpc) is 3.07. The molecule has 4 saturated carbocycles. The van der Waals surface area contributed by atoms with Crippen molar-refractivity contribution in [2.45, 2.75) is 130 Å². The highest BCUT2D eigenvalue weighted by molar-refractivity contribution is 5.20. The average molecular weight is 461 g/mol. The molecular weight excluding hydrogens is 408 g/mol. The Kier molecular flexibility index (Phi) is 6.28. The Balaban J connectivity index is 1.55. The van der Waals surface area contributed by atoms with Crippen molar-refractivity contribution in [3.8, 4) is 0 Å². The van der Waals surface area contributed by atoms with Crippen molar-refractivity contribution in [1.82, 2.24) is 0 Å². The summed E-state index contributed by atoms with van der Waals surface area (Å²) < 4.78 is 0. The lowest BCUT2D eigenvalue weighted by molar-refractivity contribution is -0.220. The first-order chi connectivity index (χ1) is 15.1. The number of aliphatic hydroxyl groups excluding tert-OH is 2. The van der Waals surface area contributed by atoms with Crippen molar-refractivity contribution in [1.29, 1.82) is 0 Å². The Labute approximate surface area is 203 Å². The summed E-state index contributed by atoms with van der Waals surface area (Å²) in [6.45, 7) is 20.4. The molecule has 0 amide bonds. The highest BCUT2D eigenvalue weighted by atomic mass is 16.3. The van der Waals surface area contributed by atoms with E-state index in [0.717, 1.165) is 18.8 Å². The van der Waals surface area contributed by atoms with Crippen molar-refractivity contribution in [2.24, 2.45) is 45.3 Å². The third kappa shape index (κ3) is 3.70. The Hall–Kier alpha value is -0.380. The van der Waals surface area contributed by atoms with E-state index in [1.54, 1.807) is 13.8 Å². The molecule has 0 aromatic carbocycles. The quantitative estimate of drug-likeness (QED) is 0.410. The Morgan fingerprint density at radius 1 is 0.909 bits per heavy atom. The second-order valence-electron chi connectivity index (χ2n) is 14.6. The fraction of sp³-hybridized carbons (Fsp3) is 0.933. The van der Waals surface area contributed by atoms with Gasteiger partial charge < -0.3 is 15.3 Å². The van der Waals surface area contributed by atoms with Crippen LogP contribution in [0.2, 0.25) is 0 Å². The predicted octanol–water partition coefficient (Wildman–Crippen LogP) is 6.50. The topological polar surface area (TPSA) is 60.7 Å². The summed E-state index contributed by atoms with van der Waals surface area (Å²) in [7, 11) is 0. The third-order valence-corrected chi connectivity index (χ3v) is 12.5. The van der Waals surface area contributed by atoms with Gasteiger partial charge >= 0.3 is 0 Å². The molecule has 4 fully saturated rings. The van der Waals surface area contributed by atoms with Gasteiger partial charge in [0.2, 0.25) is 0 Å². The van der Waals surface area contributed by atoms with Gasteiger partial charge in [-0.05, 0) is 123 Å². The van der Waals surface area contributed by atoms with Gasteiger partial charge in [0.05, 0.1) is 17.8 Å². The second-order valence-corrected chi connectivity index (χ2v) is 14.6. The van der Waals surface area contributed by atoms with Crippen LogP contribution in [0.3, 0.4) is 0 Å². The van der Waals surface area contributed by atoms with Gasteiger partial charge in [0, 0.05) is 0 Å². The number of fused-ring (bicyclic) bond motifs is 5. The number of rotatable bonds is 5. The molecule has 0 spiro atoms. The molecule has 0 aliphatic heterocycles. The van der Waals surface area contributed by atoms with Gasteiger partial charge in [-0.2, -0.15) is 0 Å². The van der Waals surface area contributed by atoms with Gasteiger partial charge in [-0.1, -0.05) is 46.8 Å². The minimum atomic E-state index is -1.05. The minimum absolute atomic E-state index is 0.0138. The summed E-state index contributed by atoms with van der Waals surface area (Å²) in [6.07, 6.45) is 10.3. The summed E-state index contributed by atoms with van der Waals surface area (Å²) in [5.74, 6) is 2.59. The molecule has 0 unspecified atom stereocenters. The van der Waals surface area contributed by atoms with E-state index < -0.39 is 11.7 Å². The molecule has 4 rings (SSSR count). The molecule has 4 aliphatic rings. The molecule has 0 bridgehead atoms. The van der Waals surface area contributed by atoms with E-state index in [2.05, 4.69) is 41.2 Å². The molecule has 9 atom stereocenters. The van der Waals surface area contributed by atoms with Crippen molar-refractivity contribution >= 4 is 0 Å². The minimum Gasteiger partial charge on any atom is -0.393 e. The van der Waals surface area contributed by atoms with E-state index in [1.807, 2.05) is 0 Å². The van der Waals surface area contributed by atoms with Crippen molar-refractivity contribution in [2.75, 3.05) is 0 Å². The molecule has 0 aromatic heterocycles. The maximum absolute atomic E-state index is 10.8. The van der Waals surface area contributed by atoms with E-state index in [4.69, 9.17) is 0 Å². The Morgan fingerprint density at radius 3 is 2.18 bits per heavy atom. The van der Waals surface area contributed by atoms with Crippen LogP contribution in [0.4, 0.5) is 0 Å². The monoisotopic (exact) mass is 460 g/mol. The molecule has 4 aliphatic carbocycles. The molecule has 0 radical (unpaired) electrons. The van der Waals surface area contributed by atoms with Crippen molar-refractivity contribution < 1.29 is 15.3 Å². The number of allylic oxidation sites excluding steroid dienone is 1. The Morgan fingerprint density at radius 2 is 1.55 bits per heavy atom. The van der Waals surface area contributed by atoms with Crippen LogP contribution in [0.25, 0.3) is 0 Å². The van der Waals surface area contributed by atoms with Crippen LogP contribution in [0.15, 0.2) is 12.2 Å². The fourth-order valence-electron chi connectivity index (χ4n) is 10.1. The van der Waals surface area contributed by atoms with Gasteiger partial charge in [-0.15, -0.1) is 0 Å². The summed E-state index contributed by atoms with van der Waals surface area (Å²) >= 11 is 0. The van der Waals surface area contributed by atoms with E-state index in [9.17, 15) is 15.3 Å². The number of hydrogen-bond acceptors (Lipinski definition) is 3.